The molecule has 2 aromatic rings. The highest BCUT2D eigenvalue weighted by molar-refractivity contribution is 6.04. The number of methoxy groups -OCH3 is 2. The van der Waals surface area contributed by atoms with Gasteiger partial charge < -0.3 is 18.9 Å². The van der Waals surface area contributed by atoms with Crippen LogP contribution in [0.25, 0.3) is 0 Å². The number of ether oxygens (including phenoxy) is 4. The van der Waals surface area contributed by atoms with Gasteiger partial charge in [0.2, 0.25) is 5.72 Å². The van der Waals surface area contributed by atoms with Crippen LogP contribution >= 0.6 is 0 Å². The molecule has 1 spiro atoms. The van der Waals surface area contributed by atoms with Crippen molar-refractivity contribution in [3.63, 3.8) is 0 Å². The van der Waals surface area contributed by atoms with Crippen molar-refractivity contribution in [3.05, 3.63) is 53.6 Å². The maximum absolute atomic E-state index is 6.67. The second-order valence-electron chi connectivity index (χ2n) is 8.80. The Morgan fingerprint density at radius 2 is 1.93 bits per heavy atom. The average Bonchev–Trinajstić information content (AvgIpc) is 3.19. The molecule has 3 heterocycles. The van der Waals surface area contributed by atoms with Crippen molar-refractivity contribution < 1.29 is 18.9 Å². The Balaban J connectivity index is 1.60. The Morgan fingerprint density at radius 3 is 2.70 bits per heavy atom. The lowest BCUT2D eigenvalue weighted by molar-refractivity contribution is -0.212. The first kappa shape index (κ1) is 19.2. The van der Waals surface area contributed by atoms with E-state index in [0.717, 1.165) is 47.8 Å². The van der Waals surface area contributed by atoms with Crippen molar-refractivity contribution in [1.29, 1.82) is 0 Å². The van der Waals surface area contributed by atoms with E-state index in [1.54, 1.807) is 14.2 Å². The quantitative estimate of drug-likeness (QED) is 0.747. The number of hydrogen-bond donors (Lipinski definition) is 0. The molecule has 2 atom stereocenters. The predicted octanol–water partition coefficient (Wildman–Crippen LogP) is 4.53. The number of fused-ring (bicyclic) bond motifs is 4. The van der Waals surface area contributed by atoms with Gasteiger partial charge in [0.05, 0.1) is 38.2 Å². The number of hydrazone groups is 1. The summed E-state index contributed by atoms with van der Waals surface area (Å²) < 4.78 is 23.7. The van der Waals surface area contributed by atoms with Crippen LogP contribution in [0.5, 0.6) is 17.2 Å². The van der Waals surface area contributed by atoms with Crippen LogP contribution < -0.4 is 14.2 Å². The first-order valence-corrected chi connectivity index (χ1v) is 10.5. The molecule has 2 aromatic carbocycles. The number of benzene rings is 2. The van der Waals surface area contributed by atoms with Crippen LogP contribution in [-0.4, -0.2) is 42.9 Å². The molecule has 0 unspecified atom stereocenters. The SMILES string of the molecule is COc1ccc(C2=NN3[C@@H](C2)c2ccccc2O[C@@]32CCOC(C)(C)C2)c(OC)c1. The summed E-state index contributed by atoms with van der Waals surface area (Å²) in [7, 11) is 3.34. The Hall–Kier alpha value is -2.73. The Morgan fingerprint density at radius 1 is 1.10 bits per heavy atom. The highest BCUT2D eigenvalue weighted by atomic mass is 16.5. The molecule has 5 rings (SSSR count). The summed E-state index contributed by atoms with van der Waals surface area (Å²) in [5.41, 5.74) is 2.39. The van der Waals surface area contributed by atoms with Gasteiger partial charge in [-0.15, -0.1) is 0 Å². The molecule has 3 aliphatic rings. The van der Waals surface area contributed by atoms with Gasteiger partial charge in [0.1, 0.15) is 17.2 Å². The standard InChI is InChI=1S/C24H28N2O4/c1-23(2)15-24(11-12-29-23)26-20(18-7-5-6-8-21(18)30-24)14-19(25-26)17-10-9-16(27-3)13-22(17)28-4/h5-10,13,20H,11-12,14-15H2,1-4H3/t20-,24+/m0/s1. The Labute approximate surface area is 177 Å². The maximum Gasteiger partial charge on any atom is 0.203 e. The zero-order chi connectivity index (χ0) is 20.9. The van der Waals surface area contributed by atoms with Crippen LogP contribution in [0.15, 0.2) is 47.6 Å². The molecule has 1 fully saturated rings. The van der Waals surface area contributed by atoms with Crippen LogP contribution in [0.4, 0.5) is 0 Å². The van der Waals surface area contributed by atoms with E-state index in [1.807, 2.05) is 24.3 Å². The highest BCUT2D eigenvalue weighted by Crippen LogP contribution is 2.52. The molecule has 0 amide bonds. The molecule has 3 aliphatic heterocycles. The predicted molar refractivity (Wildman–Crippen MR) is 114 cm³/mol. The number of hydrogen-bond acceptors (Lipinski definition) is 6. The summed E-state index contributed by atoms with van der Waals surface area (Å²) in [6.07, 6.45) is 2.32. The molecule has 0 N–H and O–H groups in total. The van der Waals surface area contributed by atoms with Gasteiger partial charge in [-0.1, -0.05) is 18.2 Å². The molecular formula is C24H28N2O4. The van der Waals surface area contributed by atoms with E-state index in [2.05, 4.69) is 37.1 Å². The van der Waals surface area contributed by atoms with Crippen molar-refractivity contribution in [2.75, 3.05) is 20.8 Å². The monoisotopic (exact) mass is 408 g/mol. The van der Waals surface area contributed by atoms with Crippen molar-refractivity contribution in [3.8, 4) is 17.2 Å². The third-order valence-corrected chi connectivity index (χ3v) is 6.31. The van der Waals surface area contributed by atoms with Gasteiger partial charge in [-0.2, -0.15) is 5.10 Å². The lowest BCUT2D eigenvalue weighted by Gasteiger charge is -2.52. The number of nitrogens with zero attached hydrogens (tertiary/aromatic N) is 2. The Bertz CT molecular complexity index is 1000. The molecule has 0 radical (unpaired) electrons. The fourth-order valence-electron chi connectivity index (χ4n) is 5.00. The van der Waals surface area contributed by atoms with E-state index < -0.39 is 5.72 Å². The second kappa shape index (κ2) is 6.91. The van der Waals surface area contributed by atoms with Crippen molar-refractivity contribution in [1.82, 2.24) is 5.01 Å². The fraction of sp³-hybridized carbons (Fsp3) is 0.458. The highest BCUT2D eigenvalue weighted by Gasteiger charge is 2.54. The van der Waals surface area contributed by atoms with E-state index in [9.17, 15) is 0 Å². The van der Waals surface area contributed by atoms with E-state index >= 15 is 0 Å². The minimum Gasteiger partial charge on any atom is -0.497 e. The van der Waals surface area contributed by atoms with Gasteiger partial charge in [0, 0.05) is 36.5 Å². The van der Waals surface area contributed by atoms with Gasteiger partial charge in [0.15, 0.2) is 0 Å². The van der Waals surface area contributed by atoms with E-state index in [4.69, 9.17) is 24.0 Å². The summed E-state index contributed by atoms with van der Waals surface area (Å²) in [5.74, 6) is 2.49. The van der Waals surface area contributed by atoms with Crippen LogP contribution in [0.1, 0.15) is 50.3 Å². The molecule has 0 bridgehead atoms. The molecule has 6 heteroatoms. The largest absolute Gasteiger partial charge is 0.497 e. The minimum absolute atomic E-state index is 0.130. The van der Waals surface area contributed by atoms with Crippen LogP contribution in [0, 0.1) is 0 Å². The lowest BCUT2D eigenvalue weighted by Crippen LogP contribution is -2.60. The minimum atomic E-state index is -0.512. The normalized spacial score (nSPS) is 26.5. The van der Waals surface area contributed by atoms with Crippen molar-refractivity contribution in [2.45, 2.75) is 50.5 Å². The topological polar surface area (TPSA) is 52.5 Å². The molecule has 0 aromatic heterocycles. The van der Waals surface area contributed by atoms with Gasteiger partial charge in [-0.25, -0.2) is 5.01 Å². The zero-order valence-corrected chi connectivity index (χ0v) is 18.0. The van der Waals surface area contributed by atoms with Crippen molar-refractivity contribution >= 4 is 5.71 Å². The molecular weight excluding hydrogens is 380 g/mol. The third kappa shape index (κ3) is 3.01. The van der Waals surface area contributed by atoms with Gasteiger partial charge >= 0.3 is 0 Å². The number of rotatable bonds is 3. The smallest absolute Gasteiger partial charge is 0.203 e. The second-order valence-corrected chi connectivity index (χ2v) is 8.80. The Kier molecular flexibility index (Phi) is 4.43. The molecule has 158 valence electrons. The first-order chi connectivity index (χ1) is 14.4. The summed E-state index contributed by atoms with van der Waals surface area (Å²) in [6.45, 7) is 4.90. The average molecular weight is 408 g/mol. The van der Waals surface area contributed by atoms with Crippen LogP contribution in [-0.2, 0) is 4.74 Å². The molecule has 1 saturated heterocycles. The van der Waals surface area contributed by atoms with E-state index in [1.165, 1.54) is 5.56 Å². The summed E-state index contributed by atoms with van der Waals surface area (Å²) in [5, 5.41) is 7.33. The fourth-order valence-corrected chi connectivity index (χ4v) is 5.00. The van der Waals surface area contributed by atoms with Gasteiger partial charge in [-0.05, 0) is 32.0 Å². The molecule has 0 aliphatic carbocycles. The first-order valence-electron chi connectivity index (χ1n) is 10.5. The zero-order valence-electron chi connectivity index (χ0n) is 18.0. The summed E-state index contributed by atoms with van der Waals surface area (Å²) in [6, 6.07) is 14.3. The van der Waals surface area contributed by atoms with Crippen LogP contribution in [0.2, 0.25) is 0 Å². The summed E-state index contributed by atoms with van der Waals surface area (Å²) in [4.78, 5) is 0. The molecule has 6 nitrogen and oxygen atoms in total. The molecule has 0 saturated carbocycles. The third-order valence-electron chi connectivity index (χ3n) is 6.31. The van der Waals surface area contributed by atoms with Crippen LogP contribution in [0.3, 0.4) is 0 Å². The maximum atomic E-state index is 6.67. The van der Waals surface area contributed by atoms with E-state index in [0.29, 0.717) is 6.61 Å². The van der Waals surface area contributed by atoms with Crippen molar-refractivity contribution in [2.24, 2.45) is 5.10 Å². The van der Waals surface area contributed by atoms with Gasteiger partial charge in [-0.3, -0.25) is 0 Å². The number of para-hydroxylation sites is 1. The summed E-state index contributed by atoms with van der Waals surface area (Å²) >= 11 is 0. The van der Waals surface area contributed by atoms with Gasteiger partial charge in [0.25, 0.3) is 0 Å². The lowest BCUT2D eigenvalue weighted by atomic mass is 9.86. The molecule has 30 heavy (non-hydrogen) atoms. The van der Waals surface area contributed by atoms with E-state index in [-0.39, 0.29) is 11.6 Å².